The van der Waals surface area contributed by atoms with Gasteiger partial charge >= 0.3 is 18.3 Å². The number of nitrogens with one attached hydrogen (secondary N) is 4. The van der Waals surface area contributed by atoms with E-state index in [0.29, 0.717) is 6.21 Å². The van der Waals surface area contributed by atoms with Crippen LogP contribution in [0.15, 0.2) is 78.9 Å². The standard InChI is InChI=1S/C45H56N6O11/c1-30(2)26-39(51-45(58)62-29-37-35-14-8-6-12-33(35)34-13-7-9-15-36(34)37)44(57)49-38(17-16-32(52)28-48-46)43(56)50-40(27-31-10-4-3-5-11-31)42(55)47-19-21-60-23-25-61-24-22-59-20-18-41(53)54/h3-15,28,30,37-40H,16-27,29H2,1-2H3,(H,47,55)(H,49,57)(H,50,56)(H,51,58)(H,53,54). The minimum Gasteiger partial charge on any atom is -0.481 e. The number of carbonyl (C=O) groups excluding carboxylic acids is 5. The van der Waals surface area contributed by atoms with Crippen molar-refractivity contribution in [3.63, 3.8) is 0 Å². The number of amides is 4. The molecule has 0 saturated heterocycles. The summed E-state index contributed by atoms with van der Waals surface area (Å²) in [6.45, 7) is 5.08. The molecule has 3 aromatic carbocycles. The highest BCUT2D eigenvalue weighted by atomic mass is 16.6. The van der Waals surface area contributed by atoms with Crippen LogP contribution in [0.3, 0.4) is 0 Å². The van der Waals surface area contributed by atoms with Gasteiger partial charge in [0.05, 0.1) is 46.1 Å². The number of aliphatic carboxylic acids is 1. The van der Waals surface area contributed by atoms with Crippen molar-refractivity contribution in [1.29, 1.82) is 0 Å². The van der Waals surface area contributed by atoms with Crippen molar-refractivity contribution >= 4 is 41.8 Å². The molecule has 4 amide bonds. The zero-order valence-electron chi connectivity index (χ0n) is 35.1. The van der Waals surface area contributed by atoms with Crippen LogP contribution in [0.5, 0.6) is 0 Å². The van der Waals surface area contributed by atoms with Gasteiger partial charge in [-0.1, -0.05) is 92.7 Å². The zero-order chi connectivity index (χ0) is 44.7. The predicted octanol–water partition coefficient (Wildman–Crippen LogP) is 3.44. The smallest absolute Gasteiger partial charge is 0.407 e. The first kappa shape index (κ1) is 48.4. The first-order chi connectivity index (χ1) is 30.0. The molecule has 3 atom stereocenters. The Morgan fingerprint density at radius 2 is 1.26 bits per heavy atom. The van der Waals surface area contributed by atoms with Gasteiger partial charge in [0.1, 0.15) is 24.7 Å². The van der Waals surface area contributed by atoms with Crippen LogP contribution in [-0.4, -0.2) is 123 Å². The number of carboxylic acid groups (broad SMARTS) is 1. The number of hydrogen-bond donors (Lipinski definition) is 5. The monoisotopic (exact) mass is 856 g/mol. The third-order valence-electron chi connectivity index (χ3n) is 9.84. The second kappa shape index (κ2) is 26.2. The summed E-state index contributed by atoms with van der Waals surface area (Å²) in [5.41, 5.74) is 13.8. The van der Waals surface area contributed by atoms with Crippen LogP contribution in [-0.2, 0) is 49.3 Å². The quantitative estimate of drug-likeness (QED) is 0.0307. The number of rotatable bonds is 28. The van der Waals surface area contributed by atoms with Gasteiger partial charge in [-0.2, -0.15) is 4.79 Å². The van der Waals surface area contributed by atoms with Gasteiger partial charge in [0.2, 0.25) is 23.5 Å². The fourth-order valence-corrected chi connectivity index (χ4v) is 6.84. The molecule has 332 valence electrons. The number of alkyl carbamates (subject to hydrolysis) is 1. The first-order valence-electron chi connectivity index (χ1n) is 20.7. The number of hydrogen-bond acceptors (Lipinski definition) is 10. The fourth-order valence-electron chi connectivity index (χ4n) is 6.84. The maximum Gasteiger partial charge on any atom is 0.407 e. The van der Waals surface area contributed by atoms with Gasteiger partial charge in [-0.15, -0.1) is 0 Å². The average Bonchev–Trinajstić information content (AvgIpc) is 3.57. The number of fused-ring (bicyclic) bond motifs is 3. The van der Waals surface area contributed by atoms with E-state index in [-0.39, 0.29) is 96.7 Å². The number of Topliss-reactive ketones (excluding diaryl/α,β-unsaturated/α-hetero) is 1. The second-order valence-electron chi connectivity index (χ2n) is 15.0. The van der Waals surface area contributed by atoms with Gasteiger partial charge in [0.25, 0.3) is 0 Å². The molecule has 4 rings (SSSR count). The lowest BCUT2D eigenvalue weighted by atomic mass is 9.98. The van der Waals surface area contributed by atoms with Crippen LogP contribution in [0.4, 0.5) is 4.79 Å². The molecule has 0 fully saturated rings. The molecule has 0 radical (unpaired) electrons. The van der Waals surface area contributed by atoms with E-state index in [1.165, 1.54) is 0 Å². The highest BCUT2D eigenvalue weighted by molar-refractivity contribution is 6.25. The van der Waals surface area contributed by atoms with E-state index in [1.807, 2.05) is 68.4 Å². The molecule has 5 N–H and O–H groups in total. The summed E-state index contributed by atoms with van der Waals surface area (Å²) in [7, 11) is 0. The van der Waals surface area contributed by atoms with Crippen molar-refractivity contribution in [2.75, 3.05) is 52.8 Å². The summed E-state index contributed by atoms with van der Waals surface area (Å²) < 4.78 is 21.8. The topological polar surface area (TPSA) is 244 Å². The Labute approximate surface area is 360 Å². The lowest BCUT2D eigenvalue weighted by Gasteiger charge is -2.26. The Bertz CT molecular complexity index is 1960. The molecule has 17 nitrogen and oxygen atoms in total. The van der Waals surface area contributed by atoms with Gasteiger partial charge in [0.15, 0.2) is 0 Å². The van der Waals surface area contributed by atoms with Gasteiger partial charge in [-0.3, -0.25) is 24.0 Å². The van der Waals surface area contributed by atoms with Crippen molar-refractivity contribution in [2.24, 2.45) is 5.92 Å². The minimum absolute atomic E-state index is 0.0233. The average molecular weight is 857 g/mol. The number of ether oxygens (including phenoxy) is 4. The van der Waals surface area contributed by atoms with E-state index in [4.69, 9.17) is 29.6 Å². The highest BCUT2D eigenvalue weighted by Crippen LogP contribution is 2.44. The number of ketones is 1. The van der Waals surface area contributed by atoms with Crippen LogP contribution < -0.4 is 21.3 Å². The number of carbonyl (C=O) groups is 6. The maximum absolute atomic E-state index is 14.0. The largest absolute Gasteiger partial charge is 0.481 e. The van der Waals surface area contributed by atoms with Crippen molar-refractivity contribution in [1.82, 2.24) is 21.3 Å². The van der Waals surface area contributed by atoms with Crippen molar-refractivity contribution in [3.05, 3.63) is 101 Å². The SMILES string of the molecule is CC(C)CC(NC(=O)OCC1c2ccccc2-c2ccccc21)C(=O)NC(CCC(=O)C=[N+]=[N-])C(=O)NC(Cc1ccccc1)C(=O)NCCOCCOCCOCCC(=O)O. The summed E-state index contributed by atoms with van der Waals surface area (Å²) in [5.74, 6) is -3.81. The van der Waals surface area contributed by atoms with Crippen molar-refractivity contribution in [2.45, 2.75) is 70.0 Å². The molecular formula is C45H56N6O11. The van der Waals surface area contributed by atoms with Gasteiger partial charge < -0.3 is 50.9 Å². The molecule has 0 aromatic heterocycles. The Kier molecular flexibility index (Phi) is 20.4. The third-order valence-corrected chi connectivity index (χ3v) is 9.84. The van der Waals surface area contributed by atoms with Gasteiger partial charge in [-0.25, -0.2) is 4.79 Å². The summed E-state index contributed by atoms with van der Waals surface area (Å²) in [6, 6.07) is 21.2. The molecule has 0 bridgehead atoms. The number of nitrogens with zero attached hydrogens (tertiary/aromatic N) is 2. The molecule has 0 heterocycles. The Morgan fingerprint density at radius 1 is 0.694 bits per heavy atom. The van der Waals surface area contributed by atoms with E-state index in [9.17, 15) is 28.8 Å². The summed E-state index contributed by atoms with van der Waals surface area (Å²) >= 11 is 0. The lowest BCUT2D eigenvalue weighted by molar-refractivity contribution is -0.138. The van der Waals surface area contributed by atoms with Crippen LogP contribution in [0, 0.1) is 5.92 Å². The minimum atomic E-state index is -1.34. The van der Waals surface area contributed by atoms with E-state index < -0.39 is 53.7 Å². The first-order valence-corrected chi connectivity index (χ1v) is 20.7. The molecule has 0 spiro atoms. The lowest BCUT2D eigenvalue weighted by Crippen LogP contribution is -2.57. The molecule has 0 aliphatic heterocycles. The molecule has 3 unspecified atom stereocenters. The molecule has 1 aliphatic carbocycles. The Balaban J connectivity index is 1.37. The molecular weight excluding hydrogens is 801 g/mol. The molecule has 17 heteroatoms. The van der Waals surface area contributed by atoms with Crippen LogP contribution >= 0.6 is 0 Å². The summed E-state index contributed by atoms with van der Waals surface area (Å²) in [4.78, 5) is 80.4. The molecule has 1 aliphatic rings. The van der Waals surface area contributed by atoms with E-state index >= 15 is 0 Å². The van der Waals surface area contributed by atoms with Crippen LogP contribution in [0.25, 0.3) is 16.7 Å². The predicted molar refractivity (Wildman–Crippen MR) is 227 cm³/mol. The van der Waals surface area contributed by atoms with Gasteiger partial charge in [0, 0.05) is 25.3 Å². The maximum atomic E-state index is 14.0. The van der Waals surface area contributed by atoms with Crippen molar-refractivity contribution in [3.8, 4) is 11.1 Å². The second-order valence-corrected chi connectivity index (χ2v) is 15.0. The summed E-state index contributed by atoms with van der Waals surface area (Å²) in [5, 5.41) is 19.5. The Hall–Kier alpha value is -6.26. The van der Waals surface area contributed by atoms with E-state index in [1.54, 1.807) is 24.3 Å². The van der Waals surface area contributed by atoms with Crippen LogP contribution in [0.1, 0.15) is 62.1 Å². The van der Waals surface area contributed by atoms with E-state index in [0.717, 1.165) is 27.8 Å². The van der Waals surface area contributed by atoms with Crippen LogP contribution in [0.2, 0.25) is 0 Å². The highest BCUT2D eigenvalue weighted by Gasteiger charge is 2.33. The summed E-state index contributed by atoms with van der Waals surface area (Å²) in [6.07, 6.45) is -0.435. The normalized spacial score (nSPS) is 13.1. The van der Waals surface area contributed by atoms with Gasteiger partial charge in [-0.05, 0) is 46.6 Å². The number of benzene rings is 3. The molecule has 0 saturated carbocycles. The van der Waals surface area contributed by atoms with E-state index in [2.05, 4.69) is 26.1 Å². The number of carboxylic acids is 1. The third kappa shape index (κ3) is 16.3. The molecule has 3 aromatic rings. The molecule has 62 heavy (non-hydrogen) atoms. The fraction of sp³-hybridized carbons (Fsp3) is 0.444. The zero-order valence-corrected chi connectivity index (χ0v) is 35.1. The Morgan fingerprint density at radius 3 is 1.87 bits per heavy atom. The van der Waals surface area contributed by atoms with Crippen molar-refractivity contribution < 1.29 is 57.6 Å².